The van der Waals surface area contributed by atoms with E-state index in [0.717, 1.165) is 11.3 Å². The number of benzene rings is 2. The van der Waals surface area contributed by atoms with Crippen molar-refractivity contribution in [1.82, 2.24) is 0 Å². The van der Waals surface area contributed by atoms with Crippen LogP contribution in [0, 0.1) is 0 Å². The zero-order valence-electron chi connectivity index (χ0n) is 12.3. The van der Waals surface area contributed by atoms with Crippen molar-refractivity contribution >= 4 is 46.6 Å². The van der Waals surface area contributed by atoms with Gasteiger partial charge in [-0.25, -0.2) is 0 Å². The predicted molar refractivity (Wildman–Crippen MR) is 95.0 cm³/mol. The van der Waals surface area contributed by atoms with Gasteiger partial charge in [0, 0.05) is 10.8 Å². The standard InChI is InChI=1S/C17H15ClN2O2S/c18-13-5-3-4-12(8-13)10-23-11-17(22)20-9-16(21)19-14-6-1-2-7-15(14)20/h1-8H,9-11H2,(H,19,21). The molecule has 0 fully saturated rings. The van der Waals surface area contributed by atoms with Crippen LogP contribution in [0.15, 0.2) is 48.5 Å². The number of hydrogen-bond acceptors (Lipinski definition) is 3. The molecule has 0 atom stereocenters. The number of nitrogens with zero attached hydrogens (tertiary/aromatic N) is 1. The summed E-state index contributed by atoms with van der Waals surface area (Å²) in [7, 11) is 0. The summed E-state index contributed by atoms with van der Waals surface area (Å²) in [6.45, 7) is 0.0631. The maximum absolute atomic E-state index is 12.5. The molecule has 0 saturated heterocycles. The molecule has 0 spiro atoms. The normalized spacial score (nSPS) is 13.4. The molecule has 2 amide bonds. The van der Waals surface area contributed by atoms with E-state index in [4.69, 9.17) is 11.6 Å². The molecule has 23 heavy (non-hydrogen) atoms. The van der Waals surface area contributed by atoms with E-state index in [1.165, 1.54) is 11.8 Å². The third-order valence-corrected chi connectivity index (χ3v) is 4.68. The second kappa shape index (κ2) is 7.06. The first-order valence-electron chi connectivity index (χ1n) is 7.15. The highest BCUT2D eigenvalue weighted by Gasteiger charge is 2.26. The largest absolute Gasteiger partial charge is 0.323 e. The quantitative estimate of drug-likeness (QED) is 0.920. The molecule has 6 heteroatoms. The SMILES string of the molecule is O=C1CN(C(=O)CSCc2cccc(Cl)c2)c2ccccc2N1. The highest BCUT2D eigenvalue weighted by atomic mass is 35.5. The summed E-state index contributed by atoms with van der Waals surface area (Å²) in [4.78, 5) is 25.8. The second-order valence-corrected chi connectivity index (χ2v) is 6.59. The van der Waals surface area contributed by atoms with E-state index in [2.05, 4.69) is 5.32 Å². The number of thioether (sulfide) groups is 1. The lowest BCUT2D eigenvalue weighted by molar-refractivity contribution is -0.120. The molecular weight excluding hydrogens is 332 g/mol. The average molecular weight is 347 g/mol. The first kappa shape index (κ1) is 15.9. The summed E-state index contributed by atoms with van der Waals surface area (Å²) in [6.07, 6.45) is 0. The van der Waals surface area contributed by atoms with Crippen molar-refractivity contribution in [3.05, 3.63) is 59.1 Å². The first-order valence-corrected chi connectivity index (χ1v) is 8.68. The Morgan fingerprint density at radius 3 is 2.87 bits per heavy atom. The van der Waals surface area contributed by atoms with Crippen LogP contribution in [-0.2, 0) is 15.3 Å². The van der Waals surface area contributed by atoms with E-state index in [0.29, 0.717) is 22.2 Å². The van der Waals surface area contributed by atoms with E-state index >= 15 is 0 Å². The Labute approximate surface area is 143 Å². The van der Waals surface area contributed by atoms with Crippen LogP contribution in [0.5, 0.6) is 0 Å². The van der Waals surface area contributed by atoms with Crippen molar-refractivity contribution < 1.29 is 9.59 Å². The fourth-order valence-electron chi connectivity index (χ4n) is 2.42. The summed E-state index contributed by atoms with van der Waals surface area (Å²) in [5, 5.41) is 3.47. The van der Waals surface area contributed by atoms with Gasteiger partial charge in [-0.1, -0.05) is 35.9 Å². The van der Waals surface area contributed by atoms with Crippen molar-refractivity contribution in [3.8, 4) is 0 Å². The van der Waals surface area contributed by atoms with Gasteiger partial charge in [0.05, 0.1) is 17.1 Å². The molecule has 1 N–H and O–H groups in total. The Morgan fingerprint density at radius 2 is 2.04 bits per heavy atom. The van der Waals surface area contributed by atoms with Crippen molar-refractivity contribution in [1.29, 1.82) is 0 Å². The molecule has 1 heterocycles. The lowest BCUT2D eigenvalue weighted by Gasteiger charge is -2.29. The number of hydrogen-bond donors (Lipinski definition) is 1. The fourth-order valence-corrected chi connectivity index (χ4v) is 3.48. The minimum atomic E-state index is -0.170. The van der Waals surface area contributed by atoms with Crippen LogP contribution in [0.4, 0.5) is 11.4 Å². The van der Waals surface area contributed by atoms with E-state index < -0.39 is 0 Å². The van der Waals surface area contributed by atoms with Crippen LogP contribution >= 0.6 is 23.4 Å². The van der Waals surface area contributed by atoms with Gasteiger partial charge in [0.25, 0.3) is 0 Å². The Hall–Kier alpha value is -1.98. The predicted octanol–water partition coefficient (Wildman–Crippen LogP) is 3.56. The minimum absolute atomic E-state index is 0.0631. The number of amides is 2. The number of carbonyl (C=O) groups is 2. The first-order chi connectivity index (χ1) is 11.1. The van der Waals surface area contributed by atoms with Gasteiger partial charge >= 0.3 is 0 Å². The third kappa shape index (κ3) is 3.86. The molecular formula is C17H15ClN2O2S. The second-order valence-electron chi connectivity index (χ2n) is 5.17. The van der Waals surface area contributed by atoms with Crippen molar-refractivity contribution in [2.24, 2.45) is 0 Å². The molecule has 118 valence electrons. The van der Waals surface area contributed by atoms with Crippen molar-refractivity contribution in [3.63, 3.8) is 0 Å². The van der Waals surface area contributed by atoms with Crippen molar-refractivity contribution in [2.75, 3.05) is 22.5 Å². The zero-order valence-corrected chi connectivity index (χ0v) is 13.9. The van der Waals surface area contributed by atoms with Crippen molar-refractivity contribution in [2.45, 2.75) is 5.75 Å². The van der Waals surface area contributed by atoms with Gasteiger partial charge in [-0.05, 0) is 29.8 Å². The third-order valence-electron chi connectivity index (χ3n) is 3.46. The molecule has 0 bridgehead atoms. The van der Waals surface area contributed by atoms with Crippen LogP contribution < -0.4 is 10.2 Å². The highest BCUT2D eigenvalue weighted by molar-refractivity contribution is 7.99. The van der Waals surface area contributed by atoms with Gasteiger partial charge in [-0.2, -0.15) is 0 Å². The summed E-state index contributed by atoms with van der Waals surface area (Å²) in [5.41, 5.74) is 2.50. The smallest absolute Gasteiger partial charge is 0.244 e. The van der Waals surface area contributed by atoms with Gasteiger partial charge < -0.3 is 10.2 Å². The molecule has 0 saturated carbocycles. The number of halogens is 1. The molecule has 0 aromatic heterocycles. The molecule has 3 rings (SSSR count). The van der Waals surface area contributed by atoms with Crippen LogP contribution in [0.1, 0.15) is 5.56 Å². The van der Waals surface area contributed by atoms with Crippen LogP contribution in [0.2, 0.25) is 5.02 Å². The van der Waals surface area contributed by atoms with Gasteiger partial charge in [0.15, 0.2) is 0 Å². The molecule has 2 aromatic rings. The van der Waals surface area contributed by atoms with Gasteiger partial charge in [-0.3, -0.25) is 9.59 Å². The number of carbonyl (C=O) groups excluding carboxylic acids is 2. The van der Waals surface area contributed by atoms with E-state index in [9.17, 15) is 9.59 Å². The highest BCUT2D eigenvalue weighted by Crippen LogP contribution is 2.29. The Morgan fingerprint density at radius 1 is 1.22 bits per heavy atom. The summed E-state index contributed by atoms with van der Waals surface area (Å²) in [6, 6.07) is 14.9. The van der Waals surface area contributed by atoms with Gasteiger partial charge in [0.2, 0.25) is 11.8 Å². The fraction of sp³-hybridized carbons (Fsp3) is 0.176. The summed E-state index contributed by atoms with van der Waals surface area (Å²) in [5.74, 6) is 0.776. The molecule has 2 aromatic carbocycles. The van der Waals surface area contributed by atoms with Crippen LogP contribution in [0.3, 0.4) is 0 Å². The Balaban J connectivity index is 1.63. The molecule has 1 aliphatic heterocycles. The number of nitrogens with one attached hydrogen (secondary N) is 1. The molecule has 0 aliphatic carbocycles. The number of anilines is 2. The Bertz CT molecular complexity index is 751. The topological polar surface area (TPSA) is 49.4 Å². The maximum atomic E-state index is 12.5. The zero-order chi connectivity index (χ0) is 16.2. The molecule has 0 radical (unpaired) electrons. The summed E-state index contributed by atoms with van der Waals surface area (Å²) < 4.78 is 0. The monoisotopic (exact) mass is 346 g/mol. The number of para-hydroxylation sites is 2. The van der Waals surface area contributed by atoms with Gasteiger partial charge in [0.1, 0.15) is 6.54 Å². The molecule has 1 aliphatic rings. The van der Waals surface area contributed by atoms with E-state index in [1.54, 1.807) is 11.0 Å². The van der Waals surface area contributed by atoms with E-state index in [1.807, 2.05) is 42.5 Å². The summed E-state index contributed by atoms with van der Waals surface area (Å²) >= 11 is 7.46. The van der Waals surface area contributed by atoms with Crippen LogP contribution in [0.25, 0.3) is 0 Å². The Kier molecular flexibility index (Phi) is 4.88. The molecule has 0 unspecified atom stereocenters. The van der Waals surface area contributed by atoms with Gasteiger partial charge in [-0.15, -0.1) is 11.8 Å². The maximum Gasteiger partial charge on any atom is 0.244 e. The number of fused-ring (bicyclic) bond motifs is 1. The average Bonchev–Trinajstić information content (AvgIpc) is 2.54. The molecule has 4 nitrogen and oxygen atoms in total. The van der Waals surface area contributed by atoms with Crippen LogP contribution in [-0.4, -0.2) is 24.1 Å². The number of rotatable bonds is 4. The van der Waals surface area contributed by atoms with E-state index in [-0.39, 0.29) is 18.4 Å². The lowest BCUT2D eigenvalue weighted by atomic mass is 10.2. The minimum Gasteiger partial charge on any atom is -0.323 e. The lowest BCUT2D eigenvalue weighted by Crippen LogP contribution is -2.43.